The van der Waals surface area contributed by atoms with Crippen LogP contribution in [0.4, 0.5) is 5.82 Å². The van der Waals surface area contributed by atoms with Crippen LogP contribution < -0.4 is 0 Å². The Morgan fingerprint density at radius 1 is 1.33 bits per heavy atom. The highest BCUT2D eigenvalue weighted by Crippen LogP contribution is 2.17. The normalized spacial score (nSPS) is 15.3. The van der Waals surface area contributed by atoms with E-state index in [1.54, 1.807) is 22.3 Å². The molecule has 0 N–H and O–H groups in total. The molecule has 1 aromatic rings. The van der Waals surface area contributed by atoms with Crippen molar-refractivity contribution in [3.05, 3.63) is 18.1 Å². The SMILES string of the molecule is CN(C)/C=N/c1nccnc1C(=O)N1CCCC1. The number of aliphatic imine (C=N–C) groups is 1. The molecule has 6 nitrogen and oxygen atoms in total. The Kier molecular flexibility index (Phi) is 3.86. The Balaban J connectivity index is 2.23. The van der Waals surface area contributed by atoms with E-state index in [2.05, 4.69) is 15.0 Å². The average molecular weight is 247 g/mol. The van der Waals surface area contributed by atoms with E-state index in [4.69, 9.17) is 0 Å². The summed E-state index contributed by atoms with van der Waals surface area (Å²) in [4.78, 5) is 28.2. The number of hydrogen-bond donors (Lipinski definition) is 0. The summed E-state index contributed by atoms with van der Waals surface area (Å²) in [6, 6.07) is 0. The molecule has 1 aliphatic heterocycles. The van der Waals surface area contributed by atoms with Crippen molar-refractivity contribution in [3.63, 3.8) is 0 Å². The Hall–Kier alpha value is -1.98. The molecule has 0 atom stereocenters. The molecular weight excluding hydrogens is 230 g/mol. The van der Waals surface area contributed by atoms with Crippen LogP contribution >= 0.6 is 0 Å². The summed E-state index contributed by atoms with van der Waals surface area (Å²) in [7, 11) is 3.73. The van der Waals surface area contributed by atoms with Gasteiger partial charge in [0.2, 0.25) is 0 Å². The lowest BCUT2D eigenvalue weighted by Gasteiger charge is -2.15. The van der Waals surface area contributed by atoms with E-state index in [1.807, 2.05) is 14.1 Å². The van der Waals surface area contributed by atoms with Gasteiger partial charge in [-0.15, -0.1) is 0 Å². The van der Waals surface area contributed by atoms with Crippen molar-refractivity contribution in [3.8, 4) is 0 Å². The van der Waals surface area contributed by atoms with E-state index >= 15 is 0 Å². The molecule has 0 aromatic carbocycles. The second kappa shape index (κ2) is 5.57. The monoisotopic (exact) mass is 247 g/mol. The topological polar surface area (TPSA) is 61.7 Å². The third-order valence-corrected chi connectivity index (χ3v) is 2.69. The van der Waals surface area contributed by atoms with E-state index in [-0.39, 0.29) is 5.91 Å². The molecule has 1 saturated heterocycles. The first-order valence-electron chi connectivity index (χ1n) is 5.99. The lowest BCUT2D eigenvalue weighted by atomic mass is 10.3. The fourth-order valence-electron chi connectivity index (χ4n) is 1.82. The molecule has 0 saturated carbocycles. The maximum absolute atomic E-state index is 12.2. The van der Waals surface area contributed by atoms with Crippen LogP contribution in [-0.4, -0.2) is 59.2 Å². The molecule has 1 aromatic heterocycles. The van der Waals surface area contributed by atoms with Gasteiger partial charge in [-0.3, -0.25) is 4.79 Å². The zero-order chi connectivity index (χ0) is 13.0. The summed E-state index contributed by atoms with van der Waals surface area (Å²) in [5.74, 6) is 0.301. The highest BCUT2D eigenvalue weighted by Gasteiger charge is 2.23. The van der Waals surface area contributed by atoms with Gasteiger partial charge in [0.1, 0.15) is 0 Å². The summed E-state index contributed by atoms with van der Waals surface area (Å²) in [6.45, 7) is 1.60. The molecule has 0 spiro atoms. The van der Waals surface area contributed by atoms with Crippen molar-refractivity contribution < 1.29 is 4.79 Å². The van der Waals surface area contributed by atoms with Crippen molar-refractivity contribution in [2.45, 2.75) is 12.8 Å². The highest BCUT2D eigenvalue weighted by molar-refractivity contribution is 5.96. The third-order valence-electron chi connectivity index (χ3n) is 2.69. The molecule has 1 fully saturated rings. The van der Waals surface area contributed by atoms with Crippen LogP contribution in [0.15, 0.2) is 17.4 Å². The van der Waals surface area contributed by atoms with Gasteiger partial charge < -0.3 is 9.80 Å². The lowest BCUT2D eigenvalue weighted by molar-refractivity contribution is 0.0787. The summed E-state index contributed by atoms with van der Waals surface area (Å²) in [5.41, 5.74) is 0.331. The molecule has 96 valence electrons. The Morgan fingerprint density at radius 3 is 2.67 bits per heavy atom. The molecule has 0 radical (unpaired) electrons. The Morgan fingerprint density at radius 2 is 2.00 bits per heavy atom. The predicted molar refractivity (Wildman–Crippen MR) is 69.0 cm³/mol. The first-order valence-corrected chi connectivity index (χ1v) is 5.99. The molecule has 18 heavy (non-hydrogen) atoms. The summed E-state index contributed by atoms with van der Waals surface area (Å²) in [6.07, 6.45) is 6.80. The standard InChI is InChI=1S/C12H17N5O/c1-16(2)9-15-11-10(13-5-6-14-11)12(18)17-7-3-4-8-17/h5-6,9H,3-4,7-8H2,1-2H3/b15-9+. The van der Waals surface area contributed by atoms with E-state index in [0.29, 0.717) is 11.5 Å². The van der Waals surface area contributed by atoms with Crippen molar-refractivity contribution in [2.24, 2.45) is 4.99 Å². The average Bonchev–Trinajstić information content (AvgIpc) is 2.89. The zero-order valence-electron chi connectivity index (χ0n) is 10.7. The fourth-order valence-corrected chi connectivity index (χ4v) is 1.82. The minimum absolute atomic E-state index is 0.0773. The minimum Gasteiger partial charge on any atom is -0.369 e. The van der Waals surface area contributed by atoms with Gasteiger partial charge in [-0.25, -0.2) is 15.0 Å². The molecule has 1 amide bonds. The molecule has 0 aliphatic carbocycles. The highest BCUT2D eigenvalue weighted by atomic mass is 16.2. The van der Waals surface area contributed by atoms with Crippen LogP contribution in [0, 0.1) is 0 Å². The maximum atomic E-state index is 12.2. The Bertz CT molecular complexity index is 452. The van der Waals surface area contributed by atoms with Crippen molar-refractivity contribution in [1.29, 1.82) is 0 Å². The van der Waals surface area contributed by atoms with Crippen LogP contribution in [0.3, 0.4) is 0 Å². The number of carbonyl (C=O) groups is 1. The van der Waals surface area contributed by atoms with Gasteiger partial charge in [0.05, 0.1) is 6.34 Å². The summed E-state index contributed by atoms with van der Waals surface area (Å²) in [5, 5.41) is 0. The summed E-state index contributed by atoms with van der Waals surface area (Å²) >= 11 is 0. The quantitative estimate of drug-likeness (QED) is 0.589. The van der Waals surface area contributed by atoms with Gasteiger partial charge in [-0.2, -0.15) is 0 Å². The molecule has 0 unspecified atom stereocenters. The molecule has 2 heterocycles. The van der Waals surface area contributed by atoms with Crippen molar-refractivity contribution in [2.75, 3.05) is 27.2 Å². The van der Waals surface area contributed by atoms with Crippen LogP contribution in [0.2, 0.25) is 0 Å². The fraction of sp³-hybridized carbons (Fsp3) is 0.500. The van der Waals surface area contributed by atoms with Gasteiger partial charge >= 0.3 is 0 Å². The lowest BCUT2D eigenvalue weighted by Crippen LogP contribution is -2.28. The Labute approximate surface area is 106 Å². The molecular formula is C12H17N5O. The first-order chi connectivity index (χ1) is 8.68. The number of carbonyl (C=O) groups excluding carboxylic acids is 1. The third kappa shape index (κ3) is 2.82. The van der Waals surface area contributed by atoms with E-state index in [9.17, 15) is 4.79 Å². The number of likely N-dealkylation sites (tertiary alicyclic amines) is 1. The smallest absolute Gasteiger partial charge is 0.276 e. The number of aromatic nitrogens is 2. The second-order valence-corrected chi connectivity index (χ2v) is 4.44. The van der Waals surface area contributed by atoms with Gasteiger partial charge in [0, 0.05) is 39.6 Å². The maximum Gasteiger partial charge on any atom is 0.276 e. The van der Waals surface area contributed by atoms with E-state index < -0.39 is 0 Å². The van der Waals surface area contributed by atoms with Crippen LogP contribution in [0.1, 0.15) is 23.3 Å². The molecule has 2 rings (SSSR count). The van der Waals surface area contributed by atoms with Gasteiger partial charge in [0.25, 0.3) is 5.91 Å². The van der Waals surface area contributed by atoms with E-state index in [0.717, 1.165) is 25.9 Å². The number of hydrogen-bond acceptors (Lipinski definition) is 4. The van der Waals surface area contributed by atoms with Crippen LogP contribution in [0.5, 0.6) is 0 Å². The predicted octanol–water partition coefficient (Wildman–Crippen LogP) is 0.934. The van der Waals surface area contributed by atoms with Gasteiger partial charge in [0.15, 0.2) is 11.5 Å². The van der Waals surface area contributed by atoms with Crippen molar-refractivity contribution >= 4 is 18.1 Å². The number of amides is 1. The first kappa shape index (κ1) is 12.5. The van der Waals surface area contributed by atoms with E-state index in [1.165, 1.54) is 6.20 Å². The number of rotatable bonds is 3. The minimum atomic E-state index is -0.0773. The van der Waals surface area contributed by atoms with Crippen molar-refractivity contribution in [1.82, 2.24) is 19.8 Å². The van der Waals surface area contributed by atoms with Crippen LogP contribution in [-0.2, 0) is 0 Å². The zero-order valence-corrected chi connectivity index (χ0v) is 10.7. The largest absolute Gasteiger partial charge is 0.369 e. The molecule has 6 heteroatoms. The van der Waals surface area contributed by atoms with Gasteiger partial charge in [-0.05, 0) is 12.8 Å². The molecule has 0 bridgehead atoms. The molecule has 1 aliphatic rings. The second-order valence-electron chi connectivity index (χ2n) is 4.44. The summed E-state index contributed by atoms with van der Waals surface area (Å²) < 4.78 is 0. The van der Waals surface area contributed by atoms with Gasteiger partial charge in [-0.1, -0.05) is 0 Å². The number of nitrogens with zero attached hydrogens (tertiary/aromatic N) is 5. The van der Waals surface area contributed by atoms with Crippen LogP contribution in [0.25, 0.3) is 0 Å².